The molecule has 0 aromatic rings. The van der Waals surface area contributed by atoms with Crippen molar-refractivity contribution in [3.8, 4) is 0 Å². The topological polar surface area (TPSA) is 104 Å². The molecular weight excluding hydrogens is 385 g/mol. The Morgan fingerprint density at radius 3 is 2.39 bits per heavy atom. The molecular formula is C17H31B2O8P. The number of aliphatic hydroxyl groups excluding tert-OH is 1. The van der Waals surface area contributed by atoms with E-state index in [0.29, 0.717) is 6.42 Å². The van der Waals surface area contributed by atoms with Crippen molar-refractivity contribution in [1.29, 1.82) is 0 Å². The molecule has 1 aliphatic carbocycles. The zero-order valence-electron chi connectivity index (χ0n) is 17.0. The van der Waals surface area contributed by atoms with E-state index in [1.807, 2.05) is 27.7 Å². The van der Waals surface area contributed by atoms with Gasteiger partial charge >= 0.3 is 7.82 Å². The van der Waals surface area contributed by atoms with Crippen LogP contribution in [0.1, 0.15) is 40.5 Å². The van der Waals surface area contributed by atoms with E-state index in [4.69, 9.17) is 39.0 Å². The lowest BCUT2D eigenvalue weighted by atomic mass is 9.83. The van der Waals surface area contributed by atoms with Crippen molar-refractivity contribution in [2.75, 3.05) is 13.2 Å². The van der Waals surface area contributed by atoms with Gasteiger partial charge in [0.25, 0.3) is 0 Å². The average molecular weight is 416 g/mol. The lowest BCUT2D eigenvalue weighted by Crippen LogP contribution is -2.32. The number of phosphoric acid groups is 1. The van der Waals surface area contributed by atoms with Crippen LogP contribution in [-0.4, -0.2) is 81.5 Å². The summed E-state index contributed by atoms with van der Waals surface area (Å²) in [7, 11) is 7.27. The van der Waals surface area contributed by atoms with Crippen molar-refractivity contribution in [1.82, 2.24) is 0 Å². The predicted octanol–water partition coefficient (Wildman–Crippen LogP) is 1.33. The SMILES string of the molecule is [B]C1CC(OP(=O)(O)OCC2C(OC(C)C)CC([B])C2O)C(COC(C)C)O1. The van der Waals surface area contributed by atoms with Crippen molar-refractivity contribution >= 4 is 23.5 Å². The zero-order chi connectivity index (χ0) is 21.1. The quantitative estimate of drug-likeness (QED) is 0.406. The summed E-state index contributed by atoms with van der Waals surface area (Å²) < 4.78 is 39.7. The highest BCUT2D eigenvalue weighted by atomic mass is 31.2. The largest absolute Gasteiger partial charge is 0.472 e. The molecule has 0 bridgehead atoms. The van der Waals surface area contributed by atoms with E-state index in [1.54, 1.807) is 0 Å². The summed E-state index contributed by atoms with van der Waals surface area (Å²) in [6.07, 6.45) is -1.95. The molecule has 2 rings (SSSR count). The maximum Gasteiger partial charge on any atom is 0.472 e. The second-order valence-electron chi connectivity index (χ2n) is 8.02. The van der Waals surface area contributed by atoms with Crippen LogP contribution in [0.15, 0.2) is 0 Å². The number of rotatable bonds is 10. The predicted molar refractivity (Wildman–Crippen MR) is 104 cm³/mol. The molecule has 2 aliphatic rings. The Morgan fingerprint density at radius 1 is 1.11 bits per heavy atom. The Balaban J connectivity index is 1.92. The van der Waals surface area contributed by atoms with Crippen LogP contribution < -0.4 is 0 Å². The van der Waals surface area contributed by atoms with Gasteiger partial charge in [-0.2, -0.15) is 0 Å². The van der Waals surface area contributed by atoms with Crippen LogP contribution in [0.3, 0.4) is 0 Å². The normalized spacial score (nSPS) is 38.4. The lowest BCUT2D eigenvalue weighted by molar-refractivity contribution is -0.0567. The molecule has 11 heteroatoms. The van der Waals surface area contributed by atoms with Gasteiger partial charge in [-0.3, -0.25) is 9.05 Å². The van der Waals surface area contributed by atoms with Crippen LogP contribution >= 0.6 is 7.82 Å². The van der Waals surface area contributed by atoms with Crippen LogP contribution in [-0.2, 0) is 27.8 Å². The van der Waals surface area contributed by atoms with Gasteiger partial charge in [0.15, 0.2) is 0 Å². The minimum Gasteiger partial charge on any atom is -0.393 e. The summed E-state index contributed by atoms with van der Waals surface area (Å²) in [5.41, 5.74) is 0. The third-order valence-corrected chi connectivity index (χ3v) is 5.84. The summed E-state index contributed by atoms with van der Waals surface area (Å²) in [6, 6.07) is -0.607. The van der Waals surface area contributed by atoms with E-state index >= 15 is 0 Å². The third-order valence-electron chi connectivity index (χ3n) is 4.83. The number of ether oxygens (including phenoxy) is 3. The Labute approximate surface area is 170 Å². The summed E-state index contributed by atoms with van der Waals surface area (Å²) >= 11 is 0. The lowest BCUT2D eigenvalue weighted by Gasteiger charge is -2.26. The number of hydrogen-bond donors (Lipinski definition) is 2. The first-order chi connectivity index (χ1) is 13.0. The van der Waals surface area contributed by atoms with E-state index in [2.05, 4.69) is 0 Å². The molecule has 8 unspecified atom stereocenters. The van der Waals surface area contributed by atoms with Gasteiger partial charge in [0.05, 0.1) is 51.6 Å². The Morgan fingerprint density at radius 2 is 1.79 bits per heavy atom. The molecule has 2 N–H and O–H groups in total. The van der Waals surface area contributed by atoms with Gasteiger partial charge in [-0.15, -0.1) is 0 Å². The fourth-order valence-electron chi connectivity index (χ4n) is 3.51. The van der Waals surface area contributed by atoms with Gasteiger partial charge in [0, 0.05) is 11.9 Å². The molecule has 1 saturated heterocycles. The highest BCUT2D eigenvalue weighted by molar-refractivity contribution is 7.47. The van der Waals surface area contributed by atoms with Crippen molar-refractivity contribution in [3.63, 3.8) is 0 Å². The van der Waals surface area contributed by atoms with Crippen LogP contribution in [0.2, 0.25) is 5.82 Å². The average Bonchev–Trinajstić information content (AvgIpc) is 3.02. The Hall–Kier alpha value is 0.0799. The minimum atomic E-state index is -4.41. The standard InChI is InChI=1S/C17H31B2O8P/c1-9(2)23-8-15-14(6-16(19)26-15)27-28(21,22)24-7-11-13(25-10(3)4)5-12(18)17(11)20/h9-17,20H,5-8H2,1-4H3,(H,21,22). The second-order valence-corrected chi connectivity index (χ2v) is 9.42. The number of hydrogen-bond acceptors (Lipinski definition) is 7. The smallest absolute Gasteiger partial charge is 0.393 e. The van der Waals surface area contributed by atoms with Crippen molar-refractivity contribution in [2.45, 2.75) is 89.0 Å². The van der Waals surface area contributed by atoms with E-state index < -0.39 is 43.9 Å². The van der Waals surface area contributed by atoms with Gasteiger partial charge in [-0.1, -0.05) is 0 Å². The molecule has 4 radical (unpaired) electrons. The Bertz CT molecular complexity index is 535. The van der Waals surface area contributed by atoms with Crippen LogP contribution in [0.4, 0.5) is 0 Å². The third kappa shape index (κ3) is 7.10. The first-order valence-electron chi connectivity index (χ1n) is 9.76. The van der Waals surface area contributed by atoms with Gasteiger partial charge in [-0.05, 0) is 46.4 Å². The zero-order valence-corrected chi connectivity index (χ0v) is 17.9. The molecule has 1 saturated carbocycles. The highest BCUT2D eigenvalue weighted by Crippen LogP contribution is 2.49. The summed E-state index contributed by atoms with van der Waals surface area (Å²) in [5, 5.41) is 10.3. The maximum absolute atomic E-state index is 12.5. The van der Waals surface area contributed by atoms with E-state index in [0.717, 1.165) is 0 Å². The molecule has 28 heavy (non-hydrogen) atoms. The molecule has 1 heterocycles. The molecule has 0 amide bonds. The minimum absolute atomic E-state index is 0.0239. The summed E-state index contributed by atoms with van der Waals surface area (Å²) in [5.74, 6) is -1.00. The molecule has 158 valence electrons. The van der Waals surface area contributed by atoms with Gasteiger partial charge in [0.2, 0.25) is 0 Å². The molecule has 0 aromatic heterocycles. The molecule has 2 fully saturated rings. The van der Waals surface area contributed by atoms with Crippen molar-refractivity contribution < 1.29 is 37.8 Å². The number of phosphoric ester groups is 1. The molecule has 0 spiro atoms. The molecule has 0 aromatic carbocycles. The highest BCUT2D eigenvalue weighted by Gasteiger charge is 2.44. The van der Waals surface area contributed by atoms with Crippen LogP contribution in [0, 0.1) is 5.92 Å². The van der Waals surface area contributed by atoms with Crippen LogP contribution in [0.25, 0.3) is 0 Å². The fraction of sp³-hybridized carbons (Fsp3) is 1.00. The van der Waals surface area contributed by atoms with Gasteiger partial charge in [-0.25, -0.2) is 4.57 Å². The first-order valence-corrected chi connectivity index (χ1v) is 11.3. The fourth-order valence-corrected chi connectivity index (χ4v) is 4.49. The number of aliphatic hydroxyl groups is 1. The maximum atomic E-state index is 12.5. The van der Waals surface area contributed by atoms with Crippen molar-refractivity contribution in [3.05, 3.63) is 0 Å². The monoisotopic (exact) mass is 416 g/mol. The summed E-state index contributed by atoms with van der Waals surface area (Å²) in [4.78, 5) is 10.2. The van der Waals surface area contributed by atoms with E-state index in [-0.39, 0.29) is 37.9 Å². The second kappa shape index (κ2) is 10.4. The van der Waals surface area contributed by atoms with Crippen LogP contribution in [0.5, 0.6) is 0 Å². The molecule has 8 nitrogen and oxygen atoms in total. The van der Waals surface area contributed by atoms with E-state index in [1.165, 1.54) is 0 Å². The first kappa shape index (κ1) is 24.4. The molecule has 1 aliphatic heterocycles. The van der Waals surface area contributed by atoms with E-state index in [9.17, 15) is 14.6 Å². The Kier molecular flexibility index (Phi) is 9.05. The summed E-state index contributed by atoms with van der Waals surface area (Å²) in [6.45, 7) is 7.47. The van der Waals surface area contributed by atoms with Gasteiger partial charge in [0.1, 0.15) is 14.0 Å². The molecule has 8 atom stereocenters. The van der Waals surface area contributed by atoms with Gasteiger partial charge < -0.3 is 24.2 Å². The van der Waals surface area contributed by atoms with Crippen molar-refractivity contribution in [2.24, 2.45) is 5.92 Å².